The molecule has 2 atom stereocenters. The summed E-state index contributed by atoms with van der Waals surface area (Å²) in [7, 11) is 0. The molecule has 2 aromatic rings. The molecule has 2 aliphatic rings. The highest BCUT2D eigenvalue weighted by molar-refractivity contribution is 5.93. The zero-order valence-corrected chi connectivity index (χ0v) is 13.2. The fourth-order valence-electron chi connectivity index (χ4n) is 3.34. The number of carboxylic acids is 1. The Balaban J connectivity index is 1.96. The minimum atomic E-state index is -1.29. The first kappa shape index (κ1) is 15.1. The van der Waals surface area contributed by atoms with E-state index in [1.807, 2.05) is 11.8 Å². The normalized spacial score (nSPS) is 23.4. The fourth-order valence-corrected chi connectivity index (χ4v) is 3.34. The molecule has 2 heterocycles. The van der Waals surface area contributed by atoms with Crippen LogP contribution in [0.15, 0.2) is 23.1 Å². The highest BCUT2D eigenvalue weighted by Crippen LogP contribution is 2.39. The lowest BCUT2D eigenvalue weighted by atomic mass is 9.97. The van der Waals surface area contributed by atoms with Gasteiger partial charge in [-0.3, -0.25) is 4.79 Å². The molecule has 1 saturated heterocycles. The molecule has 24 heavy (non-hydrogen) atoms. The maximum absolute atomic E-state index is 14.6. The van der Waals surface area contributed by atoms with E-state index in [0.717, 1.165) is 18.9 Å². The molecule has 1 aliphatic carbocycles. The zero-order chi connectivity index (χ0) is 17.2. The van der Waals surface area contributed by atoms with Gasteiger partial charge in [-0.15, -0.1) is 0 Å². The topological polar surface area (TPSA) is 88.6 Å². The summed E-state index contributed by atoms with van der Waals surface area (Å²) in [4.78, 5) is 25.6. The van der Waals surface area contributed by atoms with Gasteiger partial charge >= 0.3 is 5.97 Å². The van der Waals surface area contributed by atoms with E-state index in [-0.39, 0.29) is 29.1 Å². The highest BCUT2D eigenvalue weighted by Gasteiger charge is 2.35. The third kappa shape index (κ3) is 2.11. The molecule has 1 saturated carbocycles. The molecule has 7 heteroatoms. The number of nitrogens with zero attached hydrogens (tertiary/aromatic N) is 2. The fraction of sp³-hybridized carbons (Fsp3) is 0.412. The molecule has 1 aromatic carbocycles. The van der Waals surface area contributed by atoms with Gasteiger partial charge in [0.2, 0.25) is 5.43 Å². The van der Waals surface area contributed by atoms with Gasteiger partial charge in [-0.25, -0.2) is 9.18 Å². The Labute approximate surface area is 137 Å². The molecule has 2 fully saturated rings. The SMILES string of the molecule is C[C@@H]1[C@H](N)CN1c1cc2c(cc1F)c(=O)c(C(=O)O)cn2C1CC1. The molecule has 0 radical (unpaired) electrons. The molecule has 0 bridgehead atoms. The van der Waals surface area contributed by atoms with Crippen LogP contribution in [-0.2, 0) is 0 Å². The number of aromatic nitrogens is 1. The number of carbonyl (C=O) groups is 1. The van der Waals surface area contributed by atoms with Crippen molar-refractivity contribution in [2.24, 2.45) is 5.73 Å². The van der Waals surface area contributed by atoms with Crippen molar-refractivity contribution in [3.8, 4) is 0 Å². The molecule has 4 rings (SSSR count). The van der Waals surface area contributed by atoms with Crippen molar-refractivity contribution in [2.45, 2.75) is 37.9 Å². The lowest BCUT2D eigenvalue weighted by Crippen LogP contribution is -2.63. The van der Waals surface area contributed by atoms with Crippen molar-refractivity contribution in [1.82, 2.24) is 4.57 Å². The molecule has 126 valence electrons. The van der Waals surface area contributed by atoms with E-state index < -0.39 is 17.2 Å². The minimum absolute atomic E-state index is 0.000100. The summed E-state index contributed by atoms with van der Waals surface area (Å²) < 4.78 is 16.4. The number of benzene rings is 1. The lowest BCUT2D eigenvalue weighted by Gasteiger charge is -2.46. The van der Waals surface area contributed by atoms with Crippen molar-refractivity contribution in [3.05, 3.63) is 39.9 Å². The van der Waals surface area contributed by atoms with E-state index in [4.69, 9.17) is 5.73 Å². The number of anilines is 1. The van der Waals surface area contributed by atoms with Crippen molar-refractivity contribution in [2.75, 3.05) is 11.4 Å². The van der Waals surface area contributed by atoms with Gasteiger partial charge in [0.25, 0.3) is 0 Å². The number of carboxylic acid groups (broad SMARTS) is 1. The number of rotatable bonds is 3. The largest absolute Gasteiger partial charge is 0.477 e. The van der Waals surface area contributed by atoms with Crippen molar-refractivity contribution in [1.29, 1.82) is 0 Å². The third-order valence-electron chi connectivity index (χ3n) is 5.10. The quantitative estimate of drug-likeness (QED) is 0.894. The van der Waals surface area contributed by atoms with Gasteiger partial charge < -0.3 is 20.3 Å². The molecule has 6 nitrogen and oxygen atoms in total. The Morgan fingerprint density at radius 2 is 2.08 bits per heavy atom. The zero-order valence-electron chi connectivity index (χ0n) is 13.2. The predicted molar refractivity (Wildman–Crippen MR) is 88.2 cm³/mol. The van der Waals surface area contributed by atoms with Crippen LogP contribution < -0.4 is 16.1 Å². The Morgan fingerprint density at radius 1 is 1.38 bits per heavy atom. The minimum Gasteiger partial charge on any atom is -0.477 e. The third-order valence-corrected chi connectivity index (χ3v) is 5.10. The summed E-state index contributed by atoms with van der Waals surface area (Å²) in [6.07, 6.45) is 3.24. The highest BCUT2D eigenvalue weighted by atomic mass is 19.1. The molecular weight excluding hydrogens is 313 g/mol. The van der Waals surface area contributed by atoms with Gasteiger partial charge in [0.05, 0.1) is 11.2 Å². The van der Waals surface area contributed by atoms with Crippen molar-refractivity contribution in [3.63, 3.8) is 0 Å². The van der Waals surface area contributed by atoms with Gasteiger partial charge in [-0.1, -0.05) is 0 Å². The van der Waals surface area contributed by atoms with Crippen LogP contribution in [0, 0.1) is 5.82 Å². The Hall–Kier alpha value is -2.41. The molecule has 0 unspecified atom stereocenters. The van der Waals surface area contributed by atoms with E-state index in [0.29, 0.717) is 17.7 Å². The van der Waals surface area contributed by atoms with Crippen LogP contribution in [-0.4, -0.2) is 34.3 Å². The molecule has 3 N–H and O–H groups in total. The maximum atomic E-state index is 14.6. The Morgan fingerprint density at radius 3 is 2.62 bits per heavy atom. The van der Waals surface area contributed by atoms with Crippen LogP contribution in [0.2, 0.25) is 0 Å². The second-order valence-corrected chi connectivity index (χ2v) is 6.69. The Bertz CT molecular complexity index is 919. The predicted octanol–water partition coefficient (Wildman–Crippen LogP) is 1.71. The average Bonchev–Trinajstić information content (AvgIpc) is 3.37. The number of pyridine rings is 1. The van der Waals surface area contributed by atoms with Gasteiger partial charge in [-0.05, 0) is 31.9 Å². The summed E-state index contributed by atoms with van der Waals surface area (Å²) in [6, 6.07) is 3.00. The van der Waals surface area contributed by atoms with Crippen LogP contribution in [0.3, 0.4) is 0 Å². The van der Waals surface area contributed by atoms with Crippen molar-refractivity contribution >= 4 is 22.6 Å². The van der Waals surface area contributed by atoms with Crippen LogP contribution in [0.25, 0.3) is 10.9 Å². The summed E-state index contributed by atoms with van der Waals surface area (Å²) in [6.45, 7) is 2.49. The number of fused-ring (bicyclic) bond motifs is 1. The van der Waals surface area contributed by atoms with Crippen LogP contribution in [0.5, 0.6) is 0 Å². The molecular formula is C17H18FN3O3. The summed E-state index contributed by atoms with van der Waals surface area (Å²) in [5.74, 6) is -1.81. The van der Waals surface area contributed by atoms with Gasteiger partial charge in [0.1, 0.15) is 11.4 Å². The number of aromatic carboxylic acids is 1. The van der Waals surface area contributed by atoms with Crippen molar-refractivity contribution < 1.29 is 14.3 Å². The van der Waals surface area contributed by atoms with Crippen LogP contribution in [0.1, 0.15) is 36.2 Å². The van der Waals surface area contributed by atoms with Crippen LogP contribution >= 0.6 is 0 Å². The first-order valence-electron chi connectivity index (χ1n) is 8.02. The van der Waals surface area contributed by atoms with E-state index in [9.17, 15) is 19.1 Å². The summed E-state index contributed by atoms with van der Waals surface area (Å²) in [5.41, 5.74) is 5.92. The maximum Gasteiger partial charge on any atom is 0.341 e. The smallest absolute Gasteiger partial charge is 0.341 e. The lowest BCUT2D eigenvalue weighted by molar-refractivity contribution is 0.0695. The van der Waals surface area contributed by atoms with Crippen LogP contribution in [0.4, 0.5) is 10.1 Å². The second-order valence-electron chi connectivity index (χ2n) is 6.69. The molecule has 0 amide bonds. The monoisotopic (exact) mass is 331 g/mol. The average molecular weight is 331 g/mol. The number of hydrogen-bond acceptors (Lipinski definition) is 4. The number of halogens is 1. The second kappa shape index (κ2) is 5.04. The number of nitrogens with two attached hydrogens (primary N) is 1. The van der Waals surface area contributed by atoms with E-state index in [1.165, 1.54) is 6.20 Å². The van der Waals surface area contributed by atoms with E-state index >= 15 is 0 Å². The van der Waals surface area contributed by atoms with E-state index in [1.54, 1.807) is 10.6 Å². The first-order chi connectivity index (χ1) is 11.4. The number of hydrogen-bond donors (Lipinski definition) is 2. The van der Waals surface area contributed by atoms with Gasteiger partial charge in [-0.2, -0.15) is 0 Å². The standard InChI is InChI=1S/C17H18FN3O3/c1-8-13(19)7-20(8)15-5-14-10(4-12(15)18)16(22)11(17(23)24)6-21(14)9-2-3-9/h4-6,8-9,13H,2-3,7,19H2,1H3,(H,23,24)/t8-,13-/m1/s1. The molecule has 1 aromatic heterocycles. The molecule has 1 aliphatic heterocycles. The summed E-state index contributed by atoms with van der Waals surface area (Å²) in [5, 5.41) is 9.36. The van der Waals surface area contributed by atoms with E-state index in [2.05, 4.69) is 0 Å². The van der Waals surface area contributed by atoms with Gasteiger partial charge in [0, 0.05) is 36.3 Å². The summed E-state index contributed by atoms with van der Waals surface area (Å²) >= 11 is 0. The first-order valence-corrected chi connectivity index (χ1v) is 8.02. The Kier molecular flexibility index (Phi) is 3.18. The van der Waals surface area contributed by atoms with Gasteiger partial charge in [0.15, 0.2) is 0 Å². The molecule has 0 spiro atoms.